The number of halogens is 2. The third-order valence-corrected chi connectivity index (χ3v) is 3.16. The predicted molar refractivity (Wildman–Crippen MR) is 78.3 cm³/mol. The van der Waals surface area contributed by atoms with E-state index in [4.69, 9.17) is 27.9 Å². The Kier molecular flexibility index (Phi) is 3.28. The molecule has 0 N–H and O–H groups in total. The molecule has 0 aliphatic carbocycles. The first-order valence-electron chi connectivity index (χ1n) is 5.70. The van der Waals surface area contributed by atoms with Gasteiger partial charge in [-0.25, -0.2) is 0 Å². The summed E-state index contributed by atoms with van der Waals surface area (Å²) in [5.41, 5.74) is 0.798. The molecule has 3 rings (SSSR count). The molecule has 2 nitrogen and oxygen atoms in total. The number of hydrogen-bond acceptors (Lipinski definition) is 2. The Bertz CT molecular complexity index is 743. The highest BCUT2D eigenvalue weighted by Gasteiger charge is 2.05. The Morgan fingerprint density at radius 2 is 1.74 bits per heavy atom. The number of ether oxygens (including phenoxy) is 1. The van der Waals surface area contributed by atoms with E-state index in [2.05, 4.69) is 4.98 Å². The molecule has 1 aromatic heterocycles. The number of aromatic nitrogens is 1. The molecule has 0 atom stereocenters. The molecule has 0 amide bonds. The number of benzene rings is 2. The minimum absolute atomic E-state index is 0.638. The molecular weight excluding hydrogens is 281 g/mol. The SMILES string of the molecule is Clc1cccc(Oc2ccnc3cc(Cl)ccc23)c1. The van der Waals surface area contributed by atoms with Gasteiger partial charge >= 0.3 is 0 Å². The molecule has 0 unspecified atom stereocenters. The second kappa shape index (κ2) is 5.08. The lowest BCUT2D eigenvalue weighted by Gasteiger charge is -2.08. The molecule has 0 aliphatic rings. The minimum Gasteiger partial charge on any atom is -0.457 e. The van der Waals surface area contributed by atoms with Crippen molar-refractivity contribution >= 4 is 34.1 Å². The maximum atomic E-state index is 5.95. The van der Waals surface area contributed by atoms with Crippen molar-refractivity contribution in [2.24, 2.45) is 0 Å². The molecule has 0 saturated carbocycles. The summed E-state index contributed by atoms with van der Waals surface area (Å²) < 4.78 is 5.84. The van der Waals surface area contributed by atoms with Crippen LogP contribution in [-0.4, -0.2) is 4.98 Å². The molecule has 19 heavy (non-hydrogen) atoms. The summed E-state index contributed by atoms with van der Waals surface area (Å²) >= 11 is 11.9. The first kappa shape index (κ1) is 12.3. The van der Waals surface area contributed by atoms with Crippen LogP contribution in [0.2, 0.25) is 10.0 Å². The molecule has 0 aliphatic heterocycles. The van der Waals surface area contributed by atoms with Gasteiger partial charge in [-0.1, -0.05) is 29.3 Å². The van der Waals surface area contributed by atoms with Crippen LogP contribution in [-0.2, 0) is 0 Å². The van der Waals surface area contributed by atoms with Crippen LogP contribution in [0.4, 0.5) is 0 Å². The second-order valence-electron chi connectivity index (χ2n) is 4.03. The average molecular weight is 290 g/mol. The zero-order valence-electron chi connectivity index (χ0n) is 9.81. The van der Waals surface area contributed by atoms with E-state index < -0.39 is 0 Å². The Morgan fingerprint density at radius 1 is 0.895 bits per heavy atom. The third kappa shape index (κ3) is 2.65. The van der Waals surface area contributed by atoms with Crippen molar-refractivity contribution in [3.8, 4) is 11.5 Å². The first-order valence-corrected chi connectivity index (χ1v) is 6.46. The van der Waals surface area contributed by atoms with Crippen molar-refractivity contribution in [2.45, 2.75) is 0 Å². The molecule has 4 heteroatoms. The molecule has 3 aromatic rings. The quantitative estimate of drug-likeness (QED) is 0.636. The Balaban J connectivity index is 2.06. The van der Waals surface area contributed by atoms with Crippen molar-refractivity contribution in [2.75, 3.05) is 0 Å². The van der Waals surface area contributed by atoms with Crippen molar-refractivity contribution in [3.05, 3.63) is 64.8 Å². The molecule has 94 valence electrons. The second-order valence-corrected chi connectivity index (χ2v) is 4.90. The van der Waals surface area contributed by atoms with E-state index in [1.165, 1.54) is 0 Å². The van der Waals surface area contributed by atoms with E-state index in [9.17, 15) is 0 Å². The maximum Gasteiger partial charge on any atom is 0.138 e. The van der Waals surface area contributed by atoms with Gasteiger partial charge in [0.1, 0.15) is 11.5 Å². The third-order valence-electron chi connectivity index (χ3n) is 2.69. The van der Waals surface area contributed by atoms with Gasteiger partial charge in [0.25, 0.3) is 0 Å². The van der Waals surface area contributed by atoms with Gasteiger partial charge in [0.2, 0.25) is 0 Å². The maximum absolute atomic E-state index is 5.95. The van der Waals surface area contributed by atoms with E-state index in [0.717, 1.165) is 16.7 Å². The normalized spacial score (nSPS) is 10.6. The highest BCUT2D eigenvalue weighted by molar-refractivity contribution is 6.31. The fraction of sp³-hybridized carbons (Fsp3) is 0. The van der Waals surface area contributed by atoms with Crippen LogP contribution in [0.1, 0.15) is 0 Å². The van der Waals surface area contributed by atoms with Gasteiger partial charge in [-0.15, -0.1) is 0 Å². The Labute approximate surface area is 120 Å². The monoisotopic (exact) mass is 289 g/mol. The zero-order valence-corrected chi connectivity index (χ0v) is 11.3. The van der Waals surface area contributed by atoms with Crippen molar-refractivity contribution in [1.82, 2.24) is 4.98 Å². The fourth-order valence-corrected chi connectivity index (χ4v) is 2.19. The number of rotatable bonds is 2. The molecule has 2 aromatic carbocycles. The summed E-state index contributed by atoms with van der Waals surface area (Å²) in [7, 11) is 0. The molecule has 0 bridgehead atoms. The molecule has 0 saturated heterocycles. The topological polar surface area (TPSA) is 22.1 Å². The zero-order chi connectivity index (χ0) is 13.2. The number of nitrogens with zero attached hydrogens (tertiary/aromatic N) is 1. The van der Waals surface area contributed by atoms with E-state index in [1.807, 2.05) is 36.4 Å². The van der Waals surface area contributed by atoms with Crippen molar-refractivity contribution < 1.29 is 4.74 Å². The van der Waals surface area contributed by atoms with Gasteiger partial charge in [0, 0.05) is 21.6 Å². The largest absolute Gasteiger partial charge is 0.457 e. The number of hydrogen-bond donors (Lipinski definition) is 0. The smallest absolute Gasteiger partial charge is 0.138 e. The summed E-state index contributed by atoms with van der Waals surface area (Å²) in [5.74, 6) is 1.42. The van der Waals surface area contributed by atoms with E-state index >= 15 is 0 Å². The molecular formula is C15H9Cl2NO. The lowest BCUT2D eigenvalue weighted by molar-refractivity contribution is 0.488. The molecule has 0 spiro atoms. The minimum atomic E-state index is 0.638. The van der Waals surface area contributed by atoms with Crippen LogP contribution in [0, 0.1) is 0 Å². The summed E-state index contributed by atoms with van der Waals surface area (Å²) in [5, 5.41) is 2.20. The lowest BCUT2D eigenvalue weighted by atomic mass is 10.2. The van der Waals surface area contributed by atoms with Crippen LogP contribution in [0.25, 0.3) is 10.9 Å². The van der Waals surface area contributed by atoms with Gasteiger partial charge in [0.15, 0.2) is 0 Å². The lowest BCUT2D eigenvalue weighted by Crippen LogP contribution is -1.87. The number of fused-ring (bicyclic) bond motifs is 1. The highest BCUT2D eigenvalue weighted by Crippen LogP contribution is 2.30. The fourth-order valence-electron chi connectivity index (χ4n) is 1.84. The molecule has 0 radical (unpaired) electrons. The van der Waals surface area contributed by atoms with Crippen molar-refractivity contribution in [1.29, 1.82) is 0 Å². The van der Waals surface area contributed by atoms with Gasteiger partial charge in [-0.2, -0.15) is 0 Å². The van der Waals surface area contributed by atoms with E-state index in [-0.39, 0.29) is 0 Å². The van der Waals surface area contributed by atoms with Crippen LogP contribution in [0.15, 0.2) is 54.7 Å². The molecule has 1 heterocycles. The average Bonchev–Trinajstić information content (AvgIpc) is 2.38. The summed E-state index contributed by atoms with van der Waals surface area (Å²) in [4.78, 5) is 4.27. The first-order chi connectivity index (χ1) is 9.22. The highest BCUT2D eigenvalue weighted by atomic mass is 35.5. The van der Waals surface area contributed by atoms with Crippen LogP contribution in [0.5, 0.6) is 11.5 Å². The van der Waals surface area contributed by atoms with Crippen LogP contribution < -0.4 is 4.74 Å². The molecule has 0 fully saturated rings. The van der Waals surface area contributed by atoms with Gasteiger partial charge in [-0.3, -0.25) is 4.98 Å². The summed E-state index contributed by atoms with van der Waals surface area (Å²) in [6, 6.07) is 14.6. The van der Waals surface area contributed by atoms with Gasteiger partial charge in [-0.05, 0) is 42.5 Å². The summed E-state index contributed by atoms with van der Waals surface area (Å²) in [6.45, 7) is 0. The van der Waals surface area contributed by atoms with Crippen molar-refractivity contribution in [3.63, 3.8) is 0 Å². The Hall–Kier alpha value is -1.77. The Morgan fingerprint density at radius 3 is 2.58 bits per heavy atom. The predicted octanol–water partition coefficient (Wildman–Crippen LogP) is 5.33. The van der Waals surface area contributed by atoms with E-state index in [1.54, 1.807) is 18.3 Å². The summed E-state index contributed by atoms with van der Waals surface area (Å²) in [6.07, 6.45) is 1.69. The van der Waals surface area contributed by atoms with Gasteiger partial charge < -0.3 is 4.74 Å². The van der Waals surface area contributed by atoms with Crippen LogP contribution in [0.3, 0.4) is 0 Å². The van der Waals surface area contributed by atoms with Crippen LogP contribution >= 0.6 is 23.2 Å². The standard InChI is InChI=1S/C15H9Cl2NO/c16-10-2-1-3-12(8-10)19-15-6-7-18-14-9-11(17)4-5-13(14)15/h1-9H. The number of pyridine rings is 1. The van der Waals surface area contributed by atoms with E-state index in [0.29, 0.717) is 15.8 Å². The van der Waals surface area contributed by atoms with Gasteiger partial charge in [0.05, 0.1) is 5.52 Å².